The number of amides is 1. The minimum Gasteiger partial charge on any atom is -0.313 e. The normalized spacial score (nSPS) is 13.8. The molecule has 0 atom stereocenters. The van der Waals surface area contributed by atoms with Crippen LogP contribution in [-0.2, 0) is 4.79 Å². The van der Waals surface area contributed by atoms with Crippen LogP contribution in [0.4, 0.5) is 10.1 Å². The average Bonchev–Trinajstić information content (AvgIpc) is 2.64. The van der Waals surface area contributed by atoms with E-state index in [0.29, 0.717) is 12.2 Å². The second-order valence-electron chi connectivity index (χ2n) is 4.81. The number of carbonyl (C=O) groups is 2. The number of benzene rings is 1. The van der Waals surface area contributed by atoms with Gasteiger partial charge in [0.1, 0.15) is 5.82 Å². The van der Waals surface area contributed by atoms with Crippen LogP contribution in [0, 0.1) is 5.82 Å². The molecule has 0 aromatic heterocycles. The lowest BCUT2D eigenvalue weighted by atomic mass is 10.1. The van der Waals surface area contributed by atoms with E-state index in [9.17, 15) is 14.0 Å². The van der Waals surface area contributed by atoms with E-state index in [-0.39, 0.29) is 12.1 Å². The monoisotopic (exact) mass is 276 g/mol. The first kappa shape index (κ1) is 14.4. The molecule has 106 valence electrons. The number of nitrogens with zero attached hydrogens (tertiary/aromatic N) is 1. The second-order valence-corrected chi connectivity index (χ2v) is 4.81. The van der Waals surface area contributed by atoms with Crippen LogP contribution in [0.25, 0.3) is 0 Å². The Morgan fingerprint density at radius 1 is 1.40 bits per heavy atom. The maximum atomic E-state index is 13.3. The molecule has 1 amide bonds. The number of hydrogen-bond donors (Lipinski definition) is 1. The molecule has 5 heteroatoms. The van der Waals surface area contributed by atoms with Gasteiger partial charge in [0, 0.05) is 13.1 Å². The number of anilines is 1. The molecular weight excluding hydrogens is 259 g/mol. The van der Waals surface area contributed by atoms with Crippen molar-refractivity contribution in [2.45, 2.75) is 13.3 Å². The first-order valence-electron chi connectivity index (χ1n) is 6.57. The third kappa shape index (κ3) is 2.77. The van der Waals surface area contributed by atoms with Gasteiger partial charge in [0.15, 0.2) is 0 Å². The largest absolute Gasteiger partial charge is 0.313 e. The first-order chi connectivity index (χ1) is 9.54. The van der Waals surface area contributed by atoms with Gasteiger partial charge in [-0.15, -0.1) is 0 Å². The Hall–Kier alpha value is -2.01. The van der Waals surface area contributed by atoms with Crippen molar-refractivity contribution in [1.29, 1.82) is 0 Å². The highest BCUT2D eigenvalue weighted by molar-refractivity contribution is 6.52. The average molecular weight is 276 g/mol. The molecule has 1 aromatic carbocycles. The molecular formula is C15H17FN2O2. The lowest BCUT2D eigenvalue weighted by Gasteiger charge is -2.18. The van der Waals surface area contributed by atoms with Crippen LogP contribution < -0.4 is 10.2 Å². The standard InChI is InChI=1S/C15H17FN2O2/c1-3-6-17-8-10(2)9-18-13-7-11(16)4-5-12(13)14(19)15(18)20/h4-5,7,17H,2-3,6,8-9H2,1H3. The fourth-order valence-electron chi connectivity index (χ4n) is 2.15. The van der Waals surface area contributed by atoms with Crippen LogP contribution in [-0.4, -0.2) is 31.3 Å². The van der Waals surface area contributed by atoms with Crippen molar-refractivity contribution < 1.29 is 14.0 Å². The molecule has 4 nitrogen and oxygen atoms in total. The van der Waals surface area contributed by atoms with Gasteiger partial charge in [-0.3, -0.25) is 9.59 Å². The summed E-state index contributed by atoms with van der Waals surface area (Å²) in [4.78, 5) is 25.0. The fraction of sp³-hybridized carbons (Fsp3) is 0.333. The van der Waals surface area contributed by atoms with E-state index in [2.05, 4.69) is 18.8 Å². The summed E-state index contributed by atoms with van der Waals surface area (Å²) in [7, 11) is 0. The van der Waals surface area contributed by atoms with E-state index in [4.69, 9.17) is 0 Å². The molecule has 1 aliphatic rings. The van der Waals surface area contributed by atoms with E-state index in [1.54, 1.807) is 0 Å². The van der Waals surface area contributed by atoms with Gasteiger partial charge < -0.3 is 10.2 Å². The number of halogens is 1. The molecule has 0 saturated carbocycles. The zero-order valence-electron chi connectivity index (χ0n) is 11.4. The molecule has 2 rings (SSSR count). The van der Waals surface area contributed by atoms with E-state index in [0.717, 1.165) is 18.5 Å². The maximum Gasteiger partial charge on any atom is 0.299 e. The molecule has 0 unspecified atom stereocenters. The molecule has 1 aromatic rings. The molecule has 1 N–H and O–H groups in total. The lowest BCUT2D eigenvalue weighted by Crippen LogP contribution is -2.33. The van der Waals surface area contributed by atoms with Gasteiger partial charge >= 0.3 is 0 Å². The number of fused-ring (bicyclic) bond motifs is 1. The van der Waals surface area contributed by atoms with Crippen LogP contribution in [0.15, 0.2) is 30.4 Å². The summed E-state index contributed by atoms with van der Waals surface area (Å²) in [6.07, 6.45) is 1.00. The minimum absolute atomic E-state index is 0.220. The number of nitrogens with one attached hydrogen (secondary N) is 1. The van der Waals surface area contributed by atoms with Crippen LogP contribution in [0.3, 0.4) is 0 Å². The Morgan fingerprint density at radius 3 is 2.85 bits per heavy atom. The van der Waals surface area contributed by atoms with Crippen molar-refractivity contribution in [3.8, 4) is 0 Å². The van der Waals surface area contributed by atoms with Gasteiger partial charge in [0.05, 0.1) is 11.3 Å². The van der Waals surface area contributed by atoms with E-state index >= 15 is 0 Å². The molecule has 0 aliphatic carbocycles. The molecule has 0 saturated heterocycles. The molecule has 0 radical (unpaired) electrons. The maximum absolute atomic E-state index is 13.3. The topological polar surface area (TPSA) is 49.4 Å². The van der Waals surface area contributed by atoms with E-state index in [1.165, 1.54) is 23.1 Å². The van der Waals surface area contributed by atoms with Crippen molar-refractivity contribution in [2.75, 3.05) is 24.5 Å². The first-order valence-corrected chi connectivity index (χ1v) is 6.57. The zero-order chi connectivity index (χ0) is 14.7. The third-order valence-corrected chi connectivity index (χ3v) is 3.12. The van der Waals surface area contributed by atoms with Crippen LogP contribution >= 0.6 is 0 Å². The van der Waals surface area contributed by atoms with Gasteiger partial charge in [0.2, 0.25) is 0 Å². The Morgan fingerprint density at radius 2 is 2.15 bits per heavy atom. The summed E-state index contributed by atoms with van der Waals surface area (Å²) in [5.74, 6) is -1.68. The highest BCUT2D eigenvalue weighted by atomic mass is 19.1. The van der Waals surface area contributed by atoms with Gasteiger partial charge in [-0.1, -0.05) is 13.5 Å². The van der Waals surface area contributed by atoms with Crippen molar-refractivity contribution in [3.05, 3.63) is 41.7 Å². The highest BCUT2D eigenvalue weighted by Crippen LogP contribution is 2.29. The Balaban J connectivity index is 2.13. The van der Waals surface area contributed by atoms with Gasteiger partial charge in [0.25, 0.3) is 11.7 Å². The molecule has 20 heavy (non-hydrogen) atoms. The van der Waals surface area contributed by atoms with Gasteiger partial charge in [-0.2, -0.15) is 0 Å². The molecule has 0 bridgehead atoms. The number of hydrogen-bond acceptors (Lipinski definition) is 3. The zero-order valence-corrected chi connectivity index (χ0v) is 11.4. The van der Waals surface area contributed by atoms with Crippen molar-refractivity contribution in [1.82, 2.24) is 5.32 Å². The van der Waals surface area contributed by atoms with Gasteiger partial charge in [-0.25, -0.2) is 4.39 Å². The lowest BCUT2D eigenvalue weighted by molar-refractivity contribution is -0.114. The fourth-order valence-corrected chi connectivity index (χ4v) is 2.15. The van der Waals surface area contributed by atoms with Crippen LogP contribution in [0.1, 0.15) is 23.7 Å². The smallest absolute Gasteiger partial charge is 0.299 e. The molecule has 1 aliphatic heterocycles. The van der Waals surface area contributed by atoms with E-state index in [1.807, 2.05) is 0 Å². The van der Waals surface area contributed by atoms with Crippen molar-refractivity contribution in [2.24, 2.45) is 0 Å². The van der Waals surface area contributed by atoms with Crippen LogP contribution in [0.2, 0.25) is 0 Å². The summed E-state index contributed by atoms with van der Waals surface area (Å²) in [5, 5.41) is 3.17. The van der Waals surface area contributed by atoms with Gasteiger partial charge in [-0.05, 0) is 36.7 Å². The summed E-state index contributed by atoms with van der Waals surface area (Å²) in [5.41, 5.74) is 1.36. The Labute approximate surface area is 117 Å². The minimum atomic E-state index is -0.623. The summed E-state index contributed by atoms with van der Waals surface area (Å²) in [6.45, 7) is 7.58. The number of ketones is 1. The number of rotatable bonds is 6. The molecule has 0 spiro atoms. The Bertz CT molecular complexity index is 569. The number of carbonyl (C=O) groups excluding carboxylic acids is 2. The van der Waals surface area contributed by atoms with Crippen molar-refractivity contribution in [3.63, 3.8) is 0 Å². The quantitative estimate of drug-likeness (QED) is 0.490. The van der Waals surface area contributed by atoms with Crippen molar-refractivity contribution >= 4 is 17.4 Å². The summed E-state index contributed by atoms with van der Waals surface area (Å²) < 4.78 is 13.3. The summed E-state index contributed by atoms with van der Waals surface area (Å²) in [6, 6.07) is 3.75. The predicted molar refractivity (Wildman–Crippen MR) is 75.4 cm³/mol. The number of Topliss-reactive ketones (excluding diaryl/α,β-unsaturated/α-hetero) is 1. The predicted octanol–water partition coefficient (Wildman–Crippen LogP) is 1.91. The second kappa shape index (κ2) is 5.96. The van der Waals surface area contributed by atoms with E-state index < -0.39 is 17.5 Å². The van der Waals surface area contributed by atoms with Crippen LogP contribution in [0.5, 0.6) is 0 Å². The third-order valence-electron chi connectivity index (χ3n) is 3.12. The highest BCUT2D eigenvalue weighted by Gasteiger charge is 2.35. The Kier molecular flexibility index (Phi) is 4.29. The SMILES string of the molecule is C=C(CNCCC)CN1C(=O)C(=O)c2ccc(F)cc21. The summed E-state index contributed by atoms with van der Waals surface area (Å²) >= 11 is 0. The molecule has 1 heterocycles. The molecule has 0 fully saturated rings.